The lowest BCUT2D eigenvalue weighted by atomic mass is 10.2. The summed E-state index contributed by atoms with van der Waals surface area (Å²) in [6.07, 6.45) is 0. The number of aromatic nitrogens is 3. The molecule has 0 atom stereocenters. The summed E-state index contributed by atoms with van der Waals surface area (Å²) < 4.78 is 6.78. The van der Waals surface area contributed by atoms with Crippen LogP contribution in [0.15, 0.2) is 72.8 Å². The Hall–Kier alpha value is -4.20. The fraction of sp³-hybridized carbons (Fsp3) is 0.0909. The molecule has 1 aromatic heterocycles. The molecule has 8 heteroatoms. The van der Waals surface area contributed by atoms with E-state index in [2.05, 4.69) is 20.9 Å². The summed E-state index contributed by atoms with van der Waals surface area (Å²) in [6, 6.07) is 21.2. The molecule has 2 N–H and O–H groups in total. The highest BCUT2D eigenvalue weighted by atomic mass is 16.5. The molecule has 4 rings (SSSR count). The topological polar surface area (TPSA) is 98.1 Å². The van der Waals surface area contributed by atoms with Crippen molar-refractivity contribution < 1.29 is 14.3 Å². The fourth-order valence-electron chi connectivity index (χ4n) is 3.02. The zero-order valence-corrected chi connectivity index (χ0v) is 16.2. The van der Waals surface area contributed by atoms with E-state index in [1.807, 2.05) is 36.4 Å². The normalized spacial score (nSPS) is 10.6. The largest absolute Gasteiger partial charge is 0.495 e. The highest BCUT2D eigenvalue weighted by molar-refractivity contribution is 6.05. The maximum absolute atomic E-state index is 12.5. The monoisotopic (exact) mass is 401 g/mol. The smallest absolute Gasteiger partial charge is 0.255 e. The minimum Gasteiger partial charge on any atom is -0.495 e. The van der Waals surface area contributed by atoms with Gasteiger partial charge in [-0.15, -0.1) is 5.10 Å². The van der Waals surface area contributed by atoms with E-state index in [0.717, 1.165) is 11.0 Å². The van der Waals surface area contributed by atoms with E-state index in [0.29, 0.717) is 22.7 Å². The van der Waals surface area contributed by atoms with E-state index < -0.39 is 0 Å². The Morgan fingerprint density at radius 2 is 1.67 bits per heavy atom. The SMILES string of the molecule is COc1ccccc1NC(=O)c1ccc(NC(=O)Cn2nnc3ccccc32)cc1. The van der Waals surface area contributed by atoms with E-state index >= 15 is 0 Å². The van der Waals surface area contributed by atoms with Gasteiger partial charge in [0.1, 0.15) is 17.8 Å². The van der Waals surface area contributed by atoms with Crippen LogP contribution in [-0.2, 0) is 11.3 Å². The maximum Gasteiger partial charge on any atom is 0.255 e. The van der Waals surface area contributed by atoms with Crippen molar-refractivity contribution in [3.63, 3.8) is 0 Å². The Kier molecular flexibility index (Phi) is 5.38. The lowest BCUT2D eigenvalue weighted by Gasteiger charge is -2.10. The lowest BCUT2D eigenvalue weighted by Crippen LogP contribution is -2.19. The highest BCUT2D eigenvalue weighted by Crippen LogP contribution is 2.24. The molecular weight excluding hydrogens is 382 g/mol. The molecule has 1 heterocycles. The summed E-state index contributed by atoms with van der Waals surface area (Å²) in [6.45, 7) is 0.0382. The van der Waals surface area contributed by atoms with Gasteiger partial charge in [0.05, 0.1) is 18.3 Å². The molecule has 0 aliphatic carbocycles. The summed E-state index contributed by atoms with van der Waals surface area (Å²) >= 11 is 0. The summed E-state index contributed by atoms with van der Waals surface area (Å²) in [7, 11) is 1.55. The first-order valence-corrected chi connectivity index (χ1v) is 9.26. The zero-order chi connectivity index (χ0) is 20.9. The molecule has 0 aliphatic heterocycles. The number of hydrogen-bond donors (Lipinski definition) is 2. The number of nitrogens with one attached hydrogen (secondary N) is 2. The number of para-hydroxylation sites is 3. The molecule has 30 heavy (non-hydrogen) atoms. The van der Waals surface area contributed by atoms with Crippen molar-refractivity contribution in [3.05, 3.63) is 78.4 Å². The van der Waals surface area contributed by atoms with Crippen LogP contribution in [0.25, 0.3) is 11.0 Å². The molecule has 0 fully saturated rings. The number of hydrogen-bond acceptors (Lipinski definition) is 5. The number of ether oxygens (including phenoxy) is 1. The van der Waals surface area contributed by atoms with Gasteiger partial charge in [0.15, 0.2) is 0 Å². The van der Waals surface area contributed by atoms with Crippen LogP contribution in [0.1, 0.15) is 10.4 Å². The molecule has 0 spiro atoms. The van der Waals surface area contributed by atoms with Crippen molar-refractivity contribution in [1.82, 2.24) is 15.0 Å². The molecule has 0 radical (unpaired) electrons. The lowest BCUT2D eigenvalue weighted by molar-refractivity contribution is -0.116. The molecule has 0 aliphatic rings. The number of carbonyl (C=O) groups excluding carboxylic acids is 2. The van der Waals surface area contributed by atoms with E-state index in [9.17, 15) is 9.59 Å². The summed E-state index contributed by atoms with van der Waals surface area (Å²) in [5, 5.41) is 13.7. The quantitative estimate of drug-likeness (QED) is 0.516. The predicted molar refractivity (Wildman–Crippen MR) is 114 cm³/mol. The third-order valence-corrected chi connectivity index (χ3v) is 4.50. The summed E-state index contributed by atoms with van der Waals surface area (Å²) in [5.74, 6) is 0.0682. The minimum atomic E-state index is -0.272. The number of carbonyl (C=O) groups is 2. The van der Waals surface area contributed by atoms with Crippen LogP contribution < -0.4 is 15.4 Å². The van der Waals surface area contributed by atoms with Crippen molar-refractivity contribution in [2.75, 3.05) is 17.7 Å². The zero-order valence-electron chi connectivity index (χ0n) is 16.2. The molecule has 0 unspecified atom stereocenters. The number of benzene rings is 3. The van der Waals surface area contributed by atoms with Gasteiger partial charge < -0.3 is 15.4 Å². The highest BCUT2D eigenvalue weighted by Gasteiger charge is 2.11. The number of nitrogens with zero attached hydrogens (tertiary/aromatic N) is 3. The number of amides is 2. The van der Waals surface area contributed by atoms with Gasteiger partial charge in [-0.3, -0.25) is 9.59 Å². The second kappa shape index (κ2) is 8.44. The second-order valence-electron chi connectivity index (χ2n) is 6.52. The summed E-state index contributed by atoms with van der Waals surface area (Å²) in [5.41, 5.74) is 3.15. The van der Waals surface area contributed by atoms with Gasteiger partial charge in [-0.2, -0.15) is 0 Å². The van der Waals surface area contributed by atoms with Gasteiger partial charge in [-0.05, 0) is 48.5 Å². The van der Waals surface area contributed by atoms with E-state index in [1.54, 1.807) is 48.2 Å². The first kappa shape index (κ1) is 19.1. The van der Waals surface area contributed by atoms with Crippen LogP contribution in [0.5, 0.6) is 5.75 Å². The van der Waals surface area contributed by atoms with Crippen LogP contribution >= 0.6 is 0 Å². The van der Waals surface area contributed by atoms with Crippen molar-refractivity contribution >= 4 is 34.2 Å². The molecule has 8 nitrogen and oxygen atoms in total. The molecule has 4 aromatic rings. The van der Waals surface area contributed by atoms with E-state index in [4.69, 9.17) is 4.74 Å². The molecular formula is C22H19N5O3. The molecule has 3 aromatic carbocycles. The summed E-state index contributed by atoms with van der Waals surface area (Å²) in [4.78, 5) is 24.8. The maximum atomic E-state index is 12.5. The van der Waals surface area contributed by atoms with Crippen LogP contribution in [0, 0.1) is 0 Å². The van der Waals surface area contributed by atoms with Crippen LogP contribution in [0.3, 0.4) is 0 Å². The molecule has 150 valence electrons. The Morgan fingerprint density at radius 3 is 2.47 bits per heavy atom. The van der Waals surface area contributed by atoms with Gasteiger partial charge >= 0.3 is 0 Å². The number of fused-ring (bicyclic) bond motifs is 1. The van der Waals surface area contributed by atoms with Gasteiger partial charge in [0, 0.05) is 11.3 Å². The van der Waals surface area contributed by atoms with Crippen molar-refractivity contribution in [1.29, 1.82) is 0 Å². The Labute approximate surface area is 172 Å². The second-order valence-corrected chi connectivity index (χ2v) is 6.52. The first-order valence-electron chi connectivity index (χ1n) is 9.26. The van der Waals surface area contributed by atoms with Gasteiger partial charge in [0.25, 0.3) is 5.91 Å². The van der Waals surface area contributed by atoms with Crippen molar-refractivity contribution in [2.45, 2.75) is 6.54 Å². The third kappa shape index (κ3) is 4.12. The third-order valence-electron chi connectivity index (χ3n) is 4.50. The van der Waals surface area contributed by atoms with Crippen molar-refractivity contribution in [3.8, 4) is 5.75 Å². The van der Waals surface area contributed by atoms with Crippen molar-refractivity contribution in [2.24, 2.45) is 0 Å². The van der Waals surface area contributed by atoms with E-state index in [-0.39, 0.29) is 18.4 Å². The van der Waals surface area contributed by atoms with Crippen LogP contribution in [-0.4, -0.2) is 33.9 Å². The average Bonchev–Trinajstić information content (AvgIpc) is 3.17. The van der Waals surface area contributed by atoms with Gasteiger partial charge in [-0.25, -0.2) is 4.68 Å². The van der Waals surface area contributed by atoms with Gasteiger partial charge in [0.2, 0.25) is 5.91 Å². The predicted octanol–water partition coefficient (Wildman–Crippen LogP) is 3.33. The Bertz CT molecular complexity index is 1200. The average molecular weight is 401 g/mol. The van der Waals surface area contributed by atoms with Crippen LogP contribution in [0.4, 0.5) is 11.4 Å². The molecule has 2 amide bonds. The molecule has 0 saturated carbocycles. The van der Waals surface area contributed by atoms with Gasteiger partial charge in [-0.1, -0.05) is 29.5 Å². The first-order chi connectivity index (χ1) is 14.6. The Morgan fingerprint density at radius 1 is 0.933 bits per heavy atom. The standard InChI is InChI=1S/C22H19N5O3/c1-30-20-9-5-3-7-18(20)24-22(29)15-10-12-16(13-11-15)23-21(28)14-27-19-8-4-2-6-17(19)25-26-27/h2-13H,14H2,1H3,(H,23,28)(H,24,29). The van der Waals surface area contributed by atoms with E-state index in [1.165, 1.54) is 0 Å². The minimum absolute atomic E-state index is 0.0382. The fourth-order valence-corrected chi connectivity index (χ4v) is 3.02. The number of methoxy groups -OCH3 is 1. The number of anilines is 2. The van der Waals surface area contributed by atoms with Crippen LogP contribution in [0.2, 0.25) is 0 Å². The number of rotatable bonds is 6. The molecule has 0 bridgehead atoms. The molecule has 0 saturated heterocycles. The Balaban J connectivity index is 1.39.